The number of pyridine rings is 1. The number of aromatic nitrogens is 1. The normalized spacial score (nSPS) is 21.3. The Labute approximate surface area is 116 Å². The fourth-order valence-electron chi connectivity index (χ4n) is 1.89. The van der Waals surface area contributed by atoms with Crippen molar-refractivity contribution in [1.29, 1.82) is 0 Å². The van der Waals surface area contributed by atoms with Gasteiger partial charge in [-0.3, -0.25) is 4.98 Å². The molecule has 0 radical (unpaired) electrons. The molecule has 0 amide bonds. The molecule has 3 nitrogen and oxygen atoms in total. The highest BCUT2D eigenvalue weighted by atomic mass is 16.7. The zero-order valence-corrected chi connectivity index (χ0v) is 12.7. The highest BCUT2D eigenvalue weighted by molar-refractivity contribution is 6.52. The van der Waals surface area contributed by atoms with Crippen molar-refractivity contribution in [2.45, 2.75) is 52.7 Å². The zero-order chi connectivity index (χ0) is 14.3. The van der Waals surface area contributed by atoms with Gasteiger partial charge in [-0.2, -0.15) is 0 Å². The highest BCUT2D eigenvalue weighted by Crippen LogP contribution is 2.36. The second kappa shape index (κ2) is 4.76. The molecule has 1 aromatic heterocycles. The summed E-state index contributed by atoms with van der Waals surface area (Å²) in [5.74, 6) is 1.92. The van der Waals surface area contributed by atoms with Crippen LogP contribution in [0.5, 0.6) is 0 Å². The summed E-state index contributed by atoms with van der Waals surface area (Å²) < 4.78 is 11.8. The van der Waals surface area contributed by atoms with Gasteiger partial charge in [-0.1, -0.05) is 12.0 Å². The number of rotatable bonds is 2. The molecule has 0 aromatic carbocycles. The Morgan fingerprint density at radius 1 is 1.05 bits per heavy atom. The van der Waals surface area contributed by atoms with E-state index in [0.29, 0.717) is 0 Å². The van der Waals surface area contributed by atoms with E-state index in [4.69, 9.17) is 9.31 Å². The lowest BCUT2D eigenvalue weighted by Gasteiger charge is -2.32. The lowest BCUT2D eigenvalue weighted by atomic mass is 9.89. The summed E-state index contributed by atoms with van der Waals surface area (Å²) in [6.45, 7) is 12.3. The third-order valence-electron chi connectivity index (χ3n) is 4.07. The van der Waals surface area contributed by atoms with Gasteiger partial charge in [0, 0.05) is 5.69 Å². The molecule has 1 aromatic rings. The van der Waals surface area contributed by atoms with Crippen LogP contribution in [0.15, 0.2) is 18.1 Å². The second-order valence-electron chi connectivity index (χ2n) is 6.12. The molecule has 0 saturated carbocycles. The topological polar surface area (TPSA) is 31.4 Å². The van der Waals surface area contributed by atoms with Crippen molar-refractivity contribution in [3.05, 3.63) is 35.1 Å². The standard InChI is InChI=1S/C15H22BNO2/c1-11-7-8-13(17-12(11)2)9-10-16-18-14(3,4)15(5,6)19-16/h7-10H,1-6H3/b10-9+. The minimum absolute atomic E-state index is 0.293. The molecular weight excluding hydrogens is 237 g/mol. The maximum Gasteiger partial charge on any atom is 0.487 e. The largest absolute Gasteiger partial charge is 0.487 e. The van der Waals surface area contributed by atoms with Gasteiger partial charge >= 0.3 is 7.12 Å². The molecule has 1 aliphatic heterocycles. The van der Waals surface area contributed by atoms with Gasteiger partial charge in [0.05, 0.1) is 16.9 Å². The van der Waals surface area contributed by atoms with Crippen molar-refractivity contribution in [2.24, 2.45) is 0 Å². The van der Waals surface area contributed by atoms with Crippen LogP contribution in [0.2, 0.25) is 0 Å². The Balaban J connectivity index is 2.10. The van der Waals surface area contributed by atoms with Gasteiger partial charge in [-0.15, -0.1) is 0 Å². The van der Waals surface area contributed by atoms with E-state index in [1.165, 1.54) is 5.56 Å². The molecule has 1 fully saturated rings. The summed E-state index contributed by atoms with van der Waals surface area (Å²) in [5.41, 5.74) is 2.60. The highest BCUT2D eigenvalue weighted by Gasteiger charge is 2.49. The van der Waals surface area contributed by atoms with Gasteiger partial charge in [0.15, 0.2) is 0 Å². The monoisotopic (exact) mass is 259 g/mol. The first kappa shape index (κ1) is 14.3. The van der Waals surface area contributed by atoms with Crippen molar-refractivity contribution >= 4 is 13.2 Å². The molecule has 0 atom stereocenters. The quantitative estimate of drug-likeness (QED) is 0.763. The van der Waals surface area contributed by atoms with E-state index in [1.807, 2.05) is 25.0 Å². The van der Waals surface area contributed by atoms with Gasteiger partial charge < -0.3 is 9.31 Å². The van der Waals surface area contributed by atoms with Crippen LogP contribution in [-0.4, -0.2) is 23.3 Å². The second-order valence-corrected chi connectivity index (χ2v) is 6.12. The van der Waals surface area contributed by atoms with Crippen molar-refractivity contribution in [1.82, 2.24) is 4.98 Å². The third-order valence-corrected chi connectivity index (χ3v) is 4.07. The summed E-state index contributed by atoms with van der Waals surface area (Å²) in [4.78, 5) is 4.51. The molecule has 2 heterocycles. The number of hydrogen-bond acceptors (Lipinski definition) is 3. The molecule has 1 saturated heterocycles. The number of nitrogens with zero attached hydrogens (tertiary/aromatic N) is 1. The summed E-state index contributed by atoms with van der Waals surface area (Å²) in [7, 11) is -0.312. The maximum atomic E-state index is 5.90. The maximum absolute atomic E-state index is 5.90. The Bertz CT molecular complexity index is 493. The lowest BCUT2D eigenvalue weighted by Crippen LogP contribution is -2.41. The molecule has 0 unspecified atom stereocenters. The average Bonchev–Trinajstić information content (AvgIpc) is 2.49. The Kier molecular flexibility index (Phi) is 3.58. The van der Waals surface area contributed by atoms with Crippen LogP contribution >= 0.6 is 0 Å². The molecule has 19 heavy (non-hydrogen) atoms. The molecule has 0 aliphatic carbocycles. The Morgan fingerprint density at radius 2 is 1.63 bits per heavy atom. The van der Waals surface area contributed by atoms with Gasteiger partial charge in [0.25, 0.3) is 0 Å². The Hall–Kier alpha value is -1.13. The first-order chi connectivity index (χ1) is 8.71. The summed E-state index contributed by atoms with van der Waals surface area (Å²) in [5, 5.41) is 0. The molecule has 4 heteroatoms. The minimum atomic E-state index is -0.312. The van der Waals surface area contributed by atoms with E-state index >= 15 is 0 Å². The molecule has 0 spiro atoms. The van der Waals surface area contributed by atoms with Crippen LogP contribution in [0.1, 0.15) is 44.6 Å². The first-order valence-corrected chi connectivity index (χ1v) is 6.69. The summed E-state index contributed by atoms with van der Waals surface area (Å²) in [6, 6.07) is 4.08. The average molecular weight is 259 g/mol. The third kappa shape index (κ3) is 2.90. The molecule has 0 N–H and O–H groups in total. The van der Waals surface area contributed by atoms with Crippen LogP contribution in [0.3, 0.4) is 0 Å². The molecule has 0 bridgehead atoms. The van der Waals surface area contributed by atoms with Crippen LogP contribution in [-0.2, 0) is 9.31 Å². The van der Waals surface area contributed by atoms with Gasteiger partial charge in [-0.25, -0.2) is 0 Å². The fourth-order valence-corrected chi connectivity index (χ4v) is 1.89. The van der Waals surface area contributed by atoms with Gasteiger partial charge in [0.1, 0.15) is 0 Å². The first-order valence-electron chi connectivity index (χ1n) is 6.69. The van der Waals surface area contributed by atoms with Crippen molar-refractivity contribution in [3.8, 4) is 0 Å². The Morgan fingerprint density at radius 3 is 2.16 bits per heavy atom. The molecule has 102 valence electrons. The number of hydrogen-bond donors (Lipinski definition) is 0. The van der Waals surface area contributed by atoms with Crippen molar-refractivity contribution < 1.29 is 9.31 Å². The van der Waals surface area contributed by atoms with Crippen LogP contribution in [0, 0.1) is 13.8 Å². The molecular formula is C15H22BNO2. The van der Waals surface area contributed by atoms with E-state index in [0.717, 1.165) is 11.4 Å². The van der Waals surface area contributed by atoms with Crippen LogP contribution in [0.4, 0.5) is 0 Å². The van der Waals surface area contributed by atoms with Crippen molar-refractivity contribution in [3.63, 3.8) is 0 Å². The number of aryl methyl sites for hydroxylation is 2. The van der Waals surface area contributed by atoms with Gasteiger partial charge in [0.2, 0.25) is 0 Å². The molecule has 2 rings (SSSR count). The van der Waals surface area contributed by atoms with Crippen molar-refractivity contribution in [2.75, 3.05) is 0 Å². The van der Waals surface area contributed by atoms with Crippen LogP contribution < -0.4 is 0 Å². The predicted octanol–water partition coefficient (Wildman–Crippen LogP) is 3.34. The molecule has 1 aliphatic rings. The smallest absolute Gasteiger partial charge is 0.400 e. The van der Waals surface area contributed by atoms with E-state index in [2.05, 4.69) is 45.7 Å². The zero-order valence-electron chi connectivity index (χ0n) is 12.7. The van der Waals surface area contributed by atoms with E-state index < -0.39 is 0 Å². The fraction of sp³-hybridized carbons (Fsp3) is 0.533. The summed E-state index contributed by atoms with van der Waals surface area (Å²) in [6.07, 6.45) is 1.95. The summed E-state index contributed by atoms with van der Waals surface area (Å²) >= 11 is 0. The lowest BCUT2D eigenvalue weighted by molar-refractivity contribution is 0.00578. The predicted molar refractivity (Wildman–Crippen MR) is 78.8 cm³/mol. The van der Waals surface area contributed by atoms with Crippen LogP contribution in [0.25, 0.3) is 6.08 Å². The SMILES string of the molecule is Cc1ccc(/C=C/B2OC(C)(C)C(C)(C)O2)nc1C. The van der Waals surface area contributed by atoms with E-state index in [1.54, 1.807) is 0 Å². The van der Waals surface area contributed by atoms with Gasteiger partial charge in [-0.05, 0) is 59.2 Å². The van der Waals surface area contributed by atoms with E-state index in [9.17, 15) is 0 Å². The van der Waals surface area contributed by atoms with E-state index in [-0.39, 0.29) is 18.3 Å². The minimum Gasteiger partial charge on any atom is -0.400 e.